The number of nitrogens with one attached hydrogen (secondary N) is 1. The number of hydrazone groups is 1. The van der Waals surface area contributed by atoms with Gasteiger partial charge in [0.1, 0.15) is 11.8 Å². The van der Waals surface area contributed by atoms with Crippen LogP contribution in [0.15, 0.2) is 29.4 Å². The molecule has 1 rings (SSSR count). The fourth-order valence-electron chi connectivity index (χ4n) is 1.10. The van der Waals surface area contributed by atoms with Crippen molar-refractivity contribution in [3.05, 3.63) is 24.3 Å². The Morgan fingerprint density at radius 1 is 1.44 bits per heavy atom. The molecule has 0 aliphatic rings. The minimum Gasteiger partial charge on any atom is -0.497 e. The summed E-state index contributed by atoms with van der Waals surface area (Å²) < 4.78 is 9.66. The van der Waals surface area contributed by atoms with Crippen molar-refractivity contribution in [3.63, 3.8) is 0 Å². The smallest absolute Gasteiger partial charge is 0.369 e. The lowest BCUT2D eigenvalue weighted by molar-refractivity contribution is -0.134. The molecule has 0 amide bonds. The third-order valence-electron chi connectivity index (χ3n) is 1.96. The van der Waals surface area contributed by atoms with Gasteiger partial charge in [0.15, 0.2) is 0 Å². The van der Waals surface area contributed by atoms with Gasteiger partial charge >= 0.3 is 5.97 Å². The molecule has 0 aliphatic carbocycles. The summed E-state index contributed by atoms with van der Waals surface area (Å²) >= 11 is 0. The summed E-state index contributed by atoms with van der Waals surface area (Å²) in [6, 6.07) is 8.55. The van der Waals surface area contributed by atoms with Crippen LogP contribution in [0.5, 0.6) is 5.75 Å². The Hall–Kier alpha value is -2.55. The van der Waals surface area contributed by atoms with Crippen LogP contribution in [-0.4, -0.2) is 25.4 Å². The van der Waals surface area contributed by atoms with Crippen LogP contribution in [-0.2, 0) is 9.53 Å². The van der Waals surface area contributed by atoms with Crippen LogP contribution < -0.4 is 10.2 Å². The summed E-state index contributed by atoms with van der Waals surface area (Å²) in [4.78, 5) is 11.3. The van der Waals surface area contributed by atoms with E-state index in [4.69, 9.17) is 10.00 Å². The Kier molecular flexibility index (Phi) is 5.19. The predicted molar refractivity (Wildman–Crippen MR) is 66.3 cm³/mol. The molecule has 0 atom stereocenters. The van der Waals surface area contributed by atoms with E-state index in [0.717, 1.165) is 0 Å². The van der Waals surface area contributed by atoms with Crippen LogP contribution >= 0.6 is 0 Å². The predicted octanol–water partition coefficient (Wildman–Crippen LogP) is 1.55. The molecule has 18 heavy (non-hydrogen) atoms. The van der Waals surface area contributed by atoms with Crippen LogP contribution in [0.2, 0.25) is 0 Å². The highest BCUT2D eigenvalue weighted by molar-refractivity contribution is 6.43. The highest BCUT2D eigenvalue weighted by Crippen LogP contribution is 2.14. The van der Waals surface area contributed by atoms with Gasteiger partial charge < -0.3 is 9.47 Å². The number of anilines is 1. The van der Waals surface area contributed by atoms with Crippen molar-refractivity contribution in [2.24, 2.45) is 5.10 Å². The second-order valence-electron chi connectivity index (χ2n) is 3.13. The van der Waals surface area contributed by atoms with Gasteiger partial charge in [-0.3, -0.25) is 5.43 Å². The highest BCUT2D eigenvalue weighted by Gasteiger charge is 2.11. The third-order valence-corrected chi connectivity index (χ3v) is 1.96. The van der Waals surface area contributed by atoms with Gasteiger partial charge in [0, 0.05) is 0 Å². The number of nitrogens with zero attached hydrogens (tertiary/aromatic N) is 2. The van der Waals surface area contributed by atoms with Gasteiger partial charge in [0.25, 0.3) is 0 Å². The van der Waals surface area contributed by atoms with Gasteiger partial charge in [-0.1, -0.05) is 0 Å². The first-order chi connectivity index (χ1) is 8.71. The van der Waals surface area contributed by atoms with Gasteiger partial charge in [-0.05, 0) is 31.2 Å². The third kappa shape index (κ3) is 3.79. The summed E-state index contributed by atoms with van der Waals surface area (Å²) in [5, 5.41) is 12.4. The number of esters is 1. The number of carbonyl (C=O) groups is 1. The minimum absolute atomic E-state index is 0.196. The Labute approximate surface area is 105 Å². The minimum atomic E-state index is -0.749. The molecule has 6 nitrogen and oxygen atoms in total. The van der Waals surface area contributed by atoms with Crippen molar-refractivity contribution in [2.45, 2.75) is 6.92 Å². The Bertz CT molecular complexity index is 474. The van der Waals surface area contributed by atoms with E-state index in [0.29, 0.717) is 11.4 Å². The fourth-order valence-corrected chi connectivity index (χ4v) is 1.10. The van der Waals surface area contributed by atoms with Gasteiger partial charge in [-0.25, -0.2) is 4.79 Å². The molecule has 0 bridgehead atoms. The van der Waals surface area contributed by atoms with E-state index in [1.807, 2.05) is 0 Å². The van der Waals surface area contributed by atoms with Crippen LogP contribution in [0.1, 0.15) is 6.92 Å². The number of benzene rings is 1. The van der Waals surface area contributed by atoms with Crippen molar-refractivity contribution < 1.29 is 14.3 Å². The van der Waals surface area contributed by atoms with E-state index in [2.05, 4.69) is 15.3 Å². The monoisotopic (exact) mass is 247 g/mol. The first kappa shape index (κ1) is 13.5. The van der Waals surface area contributed by atoms with Crippen LogP contribution in [0.25, 0.3) is 0 Å². The lowest BCUT2D eigenvalue weighted by atomic mass is 10.3. The average molecular weight is 247 g/mol. The molecular weight excluding hydrogens is 234 g/mol. The van der Waals surface area contributed by atoms with Crippen LogP contribution in [0, 0.1) is 11.3 Å². The average Bonchev–Trinajstić information content (AvgIpc) is 2.40. The summed E-state index contributed by atoms with van der Waals surface area (Å²) in [5.41, 5.74) is 2.90. The zero-order valence-electron chi connectivity index (χ0n) is 10.1. The molecule has 0 fully saturated rings. The normalized spacial score (nSPS) is 10.4. The van der Waals surface area contributed by atoms with E-state index in [9.17, 15) is 4.79 Å². The van der Waals surface area contributed by atoms with E-state index in [1.165, 1.54) is 0 Å². The Morgan fingerprint density at radius 3 is 2.61 bits per heavy atom. The highest BCUT2D eigenvalue weighted by atomic mass is 16.5. The van der Waals surface area contributed by atoms with Gasteiger partial charge in [-0.2, -0.15) is 10.4 Å². The number of carbonyl (C=O) groups excluding carboxylic acids is 1. The van der Waals surface area contributed by atoms with Crippen molar-refractivity contribution in [3.8, 4) is 11.8 Å². The molecule has 0 spiro atoms. The zero-order chi connectivity index (χ0) is 13.4. The van der Waals surface area contributed by atoms with Crippen LogP contribution in [0.4, 0.5) is 5.69 Å². The largest absolute Gasteiger partial charge is 0.497 e. The zero-order valence-corrected chi connectivity index (χ0v) is 10.1. The standard InChI is InChI=1S/C12H13N3O3/c1-3-18-12(16)11(8-13)15-14-9-4-6-10(17-2)7-5-9/h4-7,14H,3H2,1-2H3. The molecule has 0 aliphatic heterocycles. The number of hydrogen-bond donors (Lipinski definition) is 1. The van der Waals surface area contributed by atoms with E-state index in [-0.39, 0.29) is 12.3 Å². The molecule has 6 heteroatoms. The topological polar surface area (TPSA) is 83.7 Å². The molecule has 1 aromatic carbocycles. The lowest BCUT2D eigenvalue weighted by Gasteiger charge is -2.03. The summed E-state index contributed by atoms with van der Waals surface area (Å²) in [7, 11) is 1.56. The van der Waals surface area contributed by atoms with Crippen LogP contribution in [0.3, 0.4) is 0 Å². The van der Waals surface area contributed by atoms with Crippen molar-refractivity contribution in [1.29, 1.82) is 5.26 Å². The van der Waals surface area contributed by atoms with Gasteiger partial charge in [0.2, 0.25) is 5.71 Å². The number of rotatable bonds is 5. The quantitative estimate of drug-likeness (QED) is 0.485. The first-order valence-corrected chi connectivity index (χ1v) is 5.26. The molecule has 0 heterocycles. The molecular formula is C12H13N3O3. The van der Waals surface area contributed by atoms with E-state index < -0.39 is 5.97 Å². The number of nitriles is 1. The molecule has 0 aromatic heterocycles. The second kappa shape index (κ2) is 6.91. The van der Waals surface area contributed by atoms with Crippen molar-refractivity contribution >= 4 is 17.4 Å². The first-order valence-electron chi connectivity index (χ1n) is 5.26. The van der Waals surface area contributed by atoms with Gasteiger partial charge in [-0.15, -0.1) is 0 Å². The maximum absolute atomic E-state index is 11.3. The van der Waals surface area contributed by atoms with Crippen molar-refractivity contribution in [1.82, 2.24) is 0 Å². The Balaban J connectivity index is 2.71. The molecule has 94 valence electrons. The Morgan fingerprint density at radius 2 is 2.11 bits per heavy atom. The maximum atomic E-state index is 11.3. The summed E-state index contributed by atoms with van der Waals surface area (Å²) in [6.45, 7) is 1.85. The van der Waals surface area contributed by atoms with Gasteiger partial charge in [0.05, 0.1) is 19.4 Å². The van der Waals surface area contributed by atoms with E-state index >= 15 is 0 Å². The molecule has 0 radical (unpaired) electrons. The molecule has 0 saturated heterocycles. The molecule has 0 unspecified atom stereocenters. The summed E-state index contributed by atoms with van der Waals surface area (Å²) in [6.07, 6.45) is 0. The number of methoxy groups -OCH3 is 1. The maximum Gasteiger partial charge on any atom is 0.369 e. The molecule has 1 N–H and O–H groups in total. The lowest BCUT2D eigenvalue weighted by Crippen LogP contribution is -2.17. The van der Waals surface area contributed by atoms with Crippen molar-refractivity contribution in [2.75, 3.05) is 19.1 Å². The summed E-state index contributed by atoms with van der Waals surface area (Å²) in [5.74, 6) is -0.0450. The fraction of sp³-hybridized carbons (Fsp3) is 0.250. The van der Waals surface area contributed by atoms with E-state index in [1.54, 1.807) is 44.4 Å². The molecule has 1 aromatic rings. The number of hydrogen-bond acceptors (Lipinski definition) is 6. The molecule has 0 saturated carbocycles. The SMILES string of the molecule is CCOC(=O)C(C#N)=NNc1ccc(OC)cc1. The number of ether oxygens (including phenoxy) is 2. The second-order valence-corrected chi connectivity index (χ2v) is 3.13.